The third-order valence-corrected chi connectivity index (χ3v) is 4.05. The summed E-state index contributed by atoms with van der Waals surface area (Å²) < 4.78 is 4.89. The van der Waals surface area contributed by atoms with Crippen LogP contribution in [0.4, 0.5) is 11.5 Å². The van der Waals surface area contributed by atoms with Gasteiger partial charge in [-0.2, -0.15) is 0 Å². The number of nitrogens with two attached hydrogens (primary N) is 1. The van der Waals surface area contributed by atoms with Crippen molar-refractivity contribution in [3.8, 4) is 0 Å². The molecule has 1 aromatic rings. The van der Waals surface area contributed by atoms with Gasteiger partial charge in [-0.25, -0.2) is 9.78 Å². The molecular formula is C14H18ClN3O4. The van der Waals surface area contributed by atoms with Crippen molar-refractivity contribution in [1.29, 1.82) is 0 Å². The first-order valence-electron chi connectivity index (χ1n) is 7.04. The van der Waals surface area contributed by atoms with E-state index in [0.29, 0.717) is 31.7 Å². The molecule has 2 heterocycles. The first-order chi connectivity index (χ1) is 10.5. The minimum Gasteiger partial charge on any atom is -0.481 e. The van der Waals surface area contributed by atoms with Crippen molar-refractivity contribution < 1.29 is 19.4 Å². The molecule has 0 spiro atoms. The molecule has 1 fully saturated rings. The molecule has 22 heavy (non-hydrogen) atoms. The maximum atomic E-state index is 11.7. The Labute approximate surface area is 133 Å². The van der Waals surface area contributed by atoms with Crippen LogP contribution in [0.25, 0.3) is 0 Å². The molecule has 2 rings (SSSR count). The van der Waals surface area contributed by atoms with Gasteiger partial charge in [-0.15, -0.1) is 0 Å². The van der Waals surface area contributed by atoms with Crippen molar-refractivity contribution >= 4 is 35.0 Å². The van der Waals surface area contributed by atoms with Crippen LogP contribution in [0.1, 0.15) is 30.1 Å². The smallest absolute Gasteiger partial charge is 0.341 e. The lowest BCUT2D eigenvalue weighted by atomic mass is 9.97. The lowest BCUT2D eigenvalue weighted by molar-refractivity contribution is -0.142. The molecule has 8 heteroatoms. The Morgan fingerprint density at radius 1 is 1.50 bits per heavy atom. The Hall–Kier alpha value is -2.02. The Bertz CT molecular complexity index is 586. The number of nitrogen functional groups attached to an aromatic ring is 1. The van der Waals surface area contributed by atoms with E-state index in [1.54, 1.807) is 6.92 Å². The monoisotopic (exact) mass is 327 g/mol. The summed E-state index contributed by atoms with van der Waals surface area (Å²) in [6.07, 6.45) is 2.39. The van der Waals surface area contributed by atoms with Gasteiger partial charge in [0, 0.05) is 19.3 Å². The first-order valence-corrected chi connectivity index (χ1v) is 7.42. The minimum atomic E-state index is -0.782. The second-order valence-electron chi connectivity index (χ2n) is 5.04. The second kappa shape index (κ2) is 6.83. The predicted octanol–water partition coefficient (Wildman–Crippen LogP) is 1.79. The molecule has 1 aliphatic heterocycles. The number of hydrogen-bond acceptors (Lipinski definition) is 6. The first kappa shape index (κ1) is 16.4. The van der Waals surface area contributed by atoms with Gasteiger partial charge in [0.15, 0.2) is 0 Å². The average Bonchev–Trinajstić information content (AvgIpc) is 2.50. The fourth-order valence-electron chi connectivity index (χ4n) is 2.42. The van der Waals surface area contributed by atoms with Crippen molar-refractivity contribution in [2.75, 3.05) is 30.3 Å². The lowest BCUT2D eigenvalue weighted by Crippen LogP contribution is -2.37. The van der Waals surface area contributed by atoms with E-state index < -0.39 is 11.9 Å². The number of nitrogens with zero attached hydrogens (tertiary/aromatic N) is 2. The Morgan fingerprint density at radius 2 is 2.14 bits per heavy atom. The largest absolute Gasteiger partial charge is 0.481 e. The molecule has 1 aromatic heterocycles. The number of anilines is 2. The van der Waals surface area contributed by atoms with E-state index in [-0.39, 0.29) is 28.8 Å². The summed E-state index contributed by atoms with van der Waals surface area (Å²) >= 11 is 6.22. The van der Waals surface area contributed by atoms with E-state index in [1.807, 2.05) is 4.90 Å². The van der Waals surface area contributed by atoms with Crippen molar-refractivity contribution in [1.82, 2.24) is 4.98 Å². The Balaban J connectivity index is 2.18. The highest BCUT2D eigenvalue weighted by atomic mass is 35.5. The van der Waals surface area contributed by atoms with Gasteiger partial charge in [0.1, 0.15) is 16.4 Å². The average molecular weight is 328 g/mol. The molecular weight excluding hydrogens is 310 g/mol. The van der Waals surface area contributed by atoms with Gasteiger partial charge in [0.2, 0.25) is 0 Å². The van der Waals surface area contributed by atoms with Gasteiger partial charge in [-0.05, 0) is 19.8 Å². The van der Waals surface area contributed by atoms with Gasteiger partial charge in [0.05, 0.1) is 18.2 Å². The lowest BCUT2D eigenvalue weighted by Gasteiger charge is -2.31. The van der Waals surface area contributed by atoms with E-state index in [0.717, 1.165) is 0 Å². The molecule has 0 atom stereocenters. The van der Waals surface area contributed by atoms with Crippen molar-refractivity contribution in [2.45, 2.75) is 19.8 Å². The summed E-state index contributed by atoms with van der Waals surface area (Å²) in [5, 5.41) is 9.20. The summed E-state index contributed by atoms with van der Waals surface area (Å²) in [4.78, 5) is 28.8. The number of halogens is 1. The second-order valence-corrected chi connectivity index (χ2v) is 5.42. The summed E-state index contributed by atoms with van der Waals surface area (Å²) in [7, 11) is 0. The zero-order valence-electron chi connectivity index (χ0n) is 12.2. The third kappa shape index (κ3) is 3.24. The number of pyridine rings is 1. The molecule has 120 valence electrons. The topological polar surface area (TPSA) is 106 Å². The molecule has 1 saturated heterocycles. The fourth-order valence-corrected chi connectivity index (χ4v) is 2.69. The fraction of sp³-hybridized carbons (Fsp3) is 0.500. The number of piperidine rings is 1. The van der Waals surface area contributed by atoms with E-state index in [1.165, 1.54) is 6.20 Å². The van der Waals surface area contributed by atoms with Crippen LogP contribution in [0.2, 0.25) is 5.02 Å². The van der Waals surface area contributed by atoms with E-state index in [9.17, 15) is 9.59 Å². The van der Waals surface area contributed by atoms with Crippen molar-refractivity contribution in [2.24, 2.45) is 5.92 Å². The van der Waals surface area contributed by atoms with Crippen LogP contribution in [0.5, 0.6) is 0 Å². The number of carboxylic acids is 1. The molecule has 0 saturated carbocycles. The molecule has 0 amide bonds. The maximum absolute atomic E-state index is 11.7. The summed E-state index contributed by atoms with van der Waals surface area (Å²) in [5.74, 6) is -1.22. The third-order valence-electron chi connectivity index (χ3n) is 3.68. The van der Waals surface area contributed by atoms with Crippen LogP contribution < -0.4 is 10.6 Å². The van der Waals surface area contributed by atoms with Gasteiger partial charge in [-0.1, -0.05) is 11.6 Å². The number of carboxylic acid groups (broad SMARTS) is 1. The Morgan fingerprint density at radius 3 is 2.68 bits per heavy atom. The molecule has 0 aliphatic carbocycles. The predicted molar refractivity (Wildman–Crippen MR) is 82.2 cm³/mol. The highest BCUT2D eigenvalue weighted by Gasteiger charge is 2.27. The highest BCUT2D eigenvalue weighted by molar-refractivity contribution is 6.36. The SMILES string of the molecule is CCOC(=O)c1cnc(N2CCC(C(=O)O)CC2)c(Cl)c1N. The minimum absolute atomic E-state index is 0.130. The van der Waals surface area contributed by atoms with Crippen LogP contribution in [0.3, 0.4) is 0 Å². The summed E-state index contributed by atoms with van der Waals surface area (Å²) in [5.41, 5.74) is 6.17. The van der Waals surface area contributed by atoms with E-state index >= 15 is 0 Å². The number of esters is 1. The van der Waals surface area contributed by atoms with E-state index in [4.69, 9.17) is 27.2 Å². The van der Waals surface area contributed by atoms with Gasteiger partial charge in [-0.3, -0.25) is 4.79 Å². The molecule has 0 aromatic carbocycles. The van der Waals surface area contributed by atoms with E-state index in [2.05, 4.69) is 4.98 Å². The highest BCUT2D eigenvalue weighted by Crippen LogP contribution is 2.34. The molecule has 7 nitrogen and oxygen atoms in total. The molecule has 3 N–H and O–H groups in total. The zero-order valence-corrected chi connectivity index (χ0v) is 13.0. The number of rotatable bonds is 4. The van der Waals surface area contributed by atoms with Crippen LogP contribution in [-0.4, -0.2) is 41.7 Å². The zero-order chi connectivity index (χ0) is 16.3. The molecule has 0 radical (unpaired) electrons. The van der Waals surface area contributed by atoms with Crippen molar-refractivity contribution in [3.05, 3.63) is 16.8 Å². The molecule has 1 aliphatic rings. The van der Waals surface area contributed by atoms with Gasteiger partial charge >= 0.3 is 11.9 Å². The molecule has 0 bridgehead atoms. The van der Waals surface area contributed by atoms with Gasteiger partial charge < -0.3 is 20.5 Å². The Kier molecular flexibility index (Phi) is 5.07. The van der Waals surface area contributed by atoms with Crippen LogP contribution in [0.15, 0.2) is 6.20 Å². The number of hydrogen-bond donors (Lipinski definition) is 2. The van der Waals surface area contributed by atoms with Crippen LogP contribution in [0, 0.1) is 5.92 Å². The molecule has 0 unspecified atom stereocenters. The quantitative estimate of drug-likeness (QED) is 0.812. The number of carbonyl (C=O) groups excluding carboxylic acids is 1. The number of carbonyl (C=O) groups is 2. The number of ether oxygens (including phenoxy) is 1. The summed E-state index contributed by atoms with van der Waals surface area (Å²) in [6.45, 7) is 2.99. The standard InChI is InChI=1S/C14H18ClN3O4/c1-2-22-14(21)9-7-17-12(10(15)11(9)16)18-5-3-8(4-6-18)13(19)20/h7-8H,2-6H2,1H3,(H2,16,17)(H,19,20). The van der Waals surface area contributed by atoms with Crippen LogP contribution >= 0.6 is 11.6 Å². The van der Waals surface area contributed by atoms with Gasteiger partial charge in [0.25, 0.3) is 0 Å². The van der Waals surface area contributed by atoms with Crippen LogP contribution in [-0.2, 0) is 9.53 Å². The normalized spacial score (nSPS) is 15.6. The summed E-state index contributed by atoms with van der Waals surface area (Å²) in [6, 6.07) is 0. The number of aromatic nitrogens is 1. The van der Waals surface area contributed by atoms with Crippen molar-refractivity contribution in [3.63, 3.8) is 0 Å². The number of aliphatic carboxylic acids is 1. The maximum Gasteiger partial charge on any atom is 0.341 e.